The number of fused-ring (bicyclic) bond motifs is 6. The Balaban J connectivity index is 1.30. The largest absolute Gasteiger partial charge is 0.474 e. The Hall–Kier alpha value is -4.00. The second-order valence-corrected chi connectivity index (χ2v) is 13.1. The number of pyridine rings is 1. The summed E-state index contributed by atoms with van der Waals surface area (Å²) < 4.78 is 20.5. The van der Waals surface area contributed by atoms with Crippen LogP contribution in [0.4, 0.5) is 27.3 Å². The highest BCUT2D eigenvalue weighted by atomic mass is 19.1. The molecule has 7 heterocycles. The Bertz CT molecular complexity index is 1550. The number of anilines is 4. The van der Waals surface area contributed by atoms with Crippen molar-refractivity contribution >= 4 is 34.7 Å². The van der Waals surface area contributed by atoms with Gasteiger partial charge in [0.1, 0.15) is 30.4 Å². The molecule has 0 radical (unpaired) electrons. The second kappa shape index (κ2) is 11.4. The van der Waals surface area contributed by atoms with E-state index in [1.54, 1.807) is 18.3 Å². The first kappa shape index (κ1) is 29.7. The quantitative estimate of drug-likeness (QED) is 0.463. The number of aryl methyl sites for hydroxylation is 1. The summed E-state index contributed by atoms with van der Waals surface area (Å²) in [6.45, 7) is 9.30. The minimum Gasteiger partial charge on any atom is -0.474 e. The average Bonchev–Trinajstić information content (AvgIpc) is 3.45. The van der Waals surface area contributed by atoms with Crippen LogP contribution in [0, 0.1) is 0 Å². The third kappa shape index (κ3) is 4.95. The number of nitrogens with zero attached hydrogens (tertiary/aromatic N) is 9. The van der Waals surface area contributed by atoms with Crippen LogP contribution in [0.2, 0.25) is 0 Å². The van der Waals surface area contributed by atoms with E-state index in [-0.39, 0.29) is 24.5 Å². The van der Waals surface area contributed by atoms with Crippen molar-refractivity contribution < 1.29 is 18.7 Å². The normalized spacial score (nSPS) is 24.7. The van der Waals surface area contributed by atoms with Crippen LogP contribution in [0.3, 0.4) is 0 Å². The van der Waals surface area contributed by atoms with Crippen molar-refractivity contribution in [1.29, 1.82) is 0 Å². The van der Waals surface area contributed by atoms with Gasteiger partial charge in [0, 0.05) is 51.4 Å². The highest BCUT2D eigenvalue weighted by Gasteiger charge is 2.47. The average molecular weight is 620 g/mol. The second-order valence-electron chi connectivity index (χ2n) is 13.1. The molecule has 2 fully saturated rings. The molecule has 0 spiro atoms. The minimum absolute atomic E-state index is 0.0806. The number of halogens is 1. The summed E-state index contributed by atoms with van der Waals surface area (Å²) in [4.78, 5) is 53.1. The van der Waals surface area contributed by atoms with Crippen molar-refractivity contribution in [2.24, 2.45) is 0 Å². The monoisotopic (exact) mass is 619 g/mol. The number of rotatable bonds is 5. The first-order valence-corrected chi connectivity index (χ1v) is 16.0. The van der Waals surface area contributed by atoms with Gasteiger partial charge >= 0.3 is 0 Å². The molecule has 2 saturated heterocycles. The minimum atomic E-state index is -1.01. The smallest absolute Gasteiger partial charge is 0.282 e. The van der Waals surface area contributed by atoms with E-state index in [0.29, 0.717) is 37.7 Å². The zero-order valence-electron chi connectivity index (χ0n) is 26.6. The van der Waals surface area contributed by atoms with E-state index < -0.39 is 17.8 Å². The third-order valence-corrected chi connectivity index (χ3v) is 10.3. The third-order valence-electron chi connectivity index (χ3n) is 10.3. The number of piperazine rings is 1. The molecule has 2 aromatic rings. The lowest BCUT2D eigenvalue weighted by molar-refractivity contribution is -0.133. The highest BCUT2D eigenvalue weighted by molar-refractivity contribution is 6.08. The molecule has 0 bridgehead atoms. The molecule has 2 aromatic heterocycles. The Kier molecular flexibility index (Phi) is 7.53. The lowest BCUT2D eigenvalue weighted by atomic mass is 9.94. The maximum atomic E-state index is 14.0. The van der Waals surface area contributed by atoms with Gasteiger partial charge in [0.2, 0.25) is 5.88 Å². The maximum Gasteiger partial charge on any atom is 0.282 e. The van der Waals surface area contributed by atoms with Gasteiger partial charge in [-0.1, -0.05) is 6.58 Å². The number of amides is 2. The molecule has 5 aliphatic rings. The number of aromatic nitrogens is 3. The van der Waals surface area contributed by atoms with Crippen molar-refractivity contribution in [2.75, 3.05) is 80.1 Å². The molecule has 13 heteroatoms. The number of carbonyl (C=O) groups excluding carboxylic acids is 2. The van der Waals surface area contributed by atoms with Gasteiger partial charge in [-0.25, -0.2) is 19.3 Å². The van der Waals surface area contributed by atoms with E-state index in [4.69, 9.17) is 14.7 Å². The summed E-state index contributed by atoms with van der Waals surface area (Å²) in [6.07, 6.45) is 6.53. The summed E-state index contributed by atoms with van der Waals surface area (Å²) >= 11 is 0. The summed E-state index contributed by atoms with van der Waals surface area (Å²) in [5, 5.41) is 0. The topological polar surface area (TPSA) is 101 Å². The predicted octanol–water partition coefficient (Wildman–Crippen LogP) is 2.16. The van der Waals surface area contributed by atoms with Crippen LogP contribution in [-0.4, -0.2) is 115 Å². The van der Waals surface area contributed by atoms with E-state index in [1.165, 1.54) is 4.90 Å². The van der Waals surface area contributed by atoms with E-state index in [0.717, 1.165) is 79.5 Å². The summed E-state index contributed by atoms with van der Waals surface area (Å²) in [6, 6.07) is -0.699. The highest BCUT2D eigenvalue weighted by Crippen LogP contribution is 2.48. The molecule has 0 saturated carbocycles. The molecule has 0 aromatic carbocycles. The van der Waals surface area contributed by atoms with E-state index in [9.17, 15) is 14.0 Å². The molecular weight excluding hydrogens is 577 g/mol. The van der Waals surface area contributed by atoms with E-state index in [1.807, 2.05) is 6.92 Å². The zero-order valence-corrected chi connectivity index (χ0v) is 26.6. The van der Waals surface area contributed by atoms with Gasteiger partial charge in [0.25, 0.3) is 11.8 Å². The Labute approximate surface area is 263 Å². The Morgan fingerprint density at radius 3 is 2.62 bits per heavy atom. The first-order valence-electron chi connectivity index (χ1n) is 16.0. The molecule has 0 unspecified atom stereocenters. The van der Waals surface area contributed by atoms with Gasteiger partial charge in [-0.3, -0.25) is 9.59 Å². The fourth-order valence-electron chi connectivity index (χ4n) is 7.79. The summed E-state index contributed by atoms with van der Waals surface area (Å²) in [5.41, 5.74) is 5.73. The molecule has 2 amide bonds. The zero-order chi connectivity index (χ0) is 31.6. The van der Waals surface area contributed by atoms with Crippen molar-refractivity contribution in [3.8, 4) is 5.88 Å². The van der Waals surface area contributed by atoms with Crippen molar-refractivity contribution in [2.45, 2.75) is 63.7 Å². The molecule has 3 atom stereocenters. The number of hydrogen-bond donors (Lipinski definition) is 0. The molecule has 5 aliphatic heterocycles. The lowest BCUT2D eigenvalue weighted by Crippen LogP contribution is -2.66. The van der Waals surface area contributed by atoms with Crippen LogP contribution in [0.5, 0.6) is 5.88 Å². The van der Waals surface area contributed by atoms with Crippen LogP contribution in [-0.2, 0) is 29.0 Å². The molecule has 12 nitrogen and oxygen atoms in total. The molecule has 0 N–H and O–H groups in total. The van der Waals surface area contributed by atoms with Gasteiger partial charge in [-0.05, 0) is 52.6 Å². The van der Waals surface area contributed by atoms with Gasteiger partial charge in [-0.2, -0.15) is 0 Å². The molecule has 45 heavy (non-hydrogen) atoms. The Morgan fingerprint density at radius 2 is 1.87 bits per heavy atom. The summed E-state index contributed by atoms with van der Waals surface area (Å²) in [7, 11) is 5.96. The summed E-state index contributed by atoms with van der Waals surface area (Å²) in [5.74, 6) is -0.586. The van der Waals surface area contributed by atoms with Gasteiger partial charge in [-0.15, -0.1) is 0 Å². The standard InChI is InChI=1S/C32H42FN9O3/c1-19-14-42-25(16-41(19)31(43)20(2)33)32(44)39(5)28-26(42)22-10-13-40(29-27-23(34-18-35-29)9-7-12-38(27)4)15-24(22)36-30(28)45-17-21-8-6-11-37(21)3/h18-19,21,25H,2,6-17H2,1,3-5H3/t19-,21+,25-/m1/s1. The molecule has 240 valence electrons. The fourth-order valence-corrected chi connectivity index (χ4v) is 7.79. The number of hydrogen-bond acceptors (Lipinski definition) is 10. The first-order chi connectivity index (χ1) is 21.6. The van der Waals surface area contributed by atoms with Crippen LogP contribution in [0.15, 0.2) is 18.7 Å². The number of ether oxygens (including phenoxy) is 1. The number of likely N-dealkylation sites (N-methyl/N-ethyl adjacent to an activating group) is 2. The lowest BCUT2D eigenvalue weighted by Gasteiger charge is -2.51. The van der Waals surface area contributed by atoms with E-state index in [2.05, 4.69) is 45.3 Å². The van der Waals surface area contributed by atoms with Crippen LogP contribution >= 0.6 is 0 Å². The maximum absolute atomic E-state index is 14.0. The van der Waals surface area contributed by atoms with E-state index >= 15 is 0 Å². The predicted molar refractivity (Wildman–Crippen MR) is 170 cm³/mol. The van der Waals surface area contributed by atoms with Crippen molar-refractivity contribution in [3.63, 3.8) is 0 Å². The fraction of sp³-hybridized carbons (Fsp3) is 0.594. The number of carbonyl (C=O) groups is 2. The van der Waals surface area contributed by atoms with Gasteiger partial charge in [0.05, 0.1) is 30.2 Å². The van der Waals surface area contributed by atoms with Gasteiger partial charge < -0.3 is 34.1 Å². The van der Waals surface area contributed by atoms with Crippen LogP contribution in [0.25, 0.3) is 0 Å². The van der Waals surface area contributed by atoms with Crippen LogP contribution < -0.4 is 24.3 Å². The van der Waals surface area contributed by atoms with Crippen molar-refractivity contribution in [1.82, 2.24) is 24.8 Å². The van der Waals surface area contributed by atoms with Gasteiger partial charge in [0.15, 0.2) is 11.6 Å². The molecular formula is C32H42FN9O3. The molecule has 7 rings (SSSR count). The Morgan fingerprint density at radius 1 is 1.04 bits per heavy atom. The SMILES string of the molecule is C=C(F)C(=O)N1C[C@@H]2C(=O)N(C)c3c(OC[C@@H]4CCCN4C)nc4c(c3N2C[C@H]1C)CCN(c1ncnc2c1N(C)CCC2)C4. The number of likely N-dealkylation sites (tertiary alicyclic amines) is 1. The van der Waals surface area contributed by atoms with Crippen LogP contribution in [0.1, 0.15) is 43.1 Å². The molecule has 0 aliphatic carbocycles. The van der Waals surface area contributed by atoms with Crippen molar-refractivity contribution in [3.05, 3.63) is 35.7 Å².